The highest BCUT2D eigenvalue weighted by molar-refractivity contribution is 8.02. The first-order valence-electron chi connectivity index (χ1n) is 13.6. The lowest BCUT2D eigenvalue weighted by Crippen LogP contribution is -2.55. The molecule has 1 N–H and O–H groups in total. The number of anilines is 1. The quantitative estimate of drug-likeness (QED) is 0.255. The smallest absolute Gasteiger partial charge is 0.311 e. The third-order valence-electron chi connectivity index (χ3n) is 8.51. The lowest BCUT2D eigenvalue weighted by atomic mass is 9.66. The normalized spacial score (nSPS) is 28.9. The second-order valence-electron chi connectivity index (χ2n) is 10.9. The number of carbonyl (C=O) groups is 3. The molecule has 0 aromatic heterocycles. The topological polar surface area (TPSA) is 87.1 Å². The number of aliphatic hydroxyl groups is 1. The molecule has 2 aromatic carbocycles. The van der Waals surface area contributed by atoms with Gasteiger partial charge in [-0.2, -0.15) is 0 Å². The summed E-state index contributed by atoms with van der Waals surface area (Å²) >= 11 is 1.62. The Morgan fingerprint density at radius 1 is 1.18 bits per heavy atom. The number of benzene rings is 2. The highest BCUT2D eigenvalue weighted by Gasteiger charge is 2.77. The van der Waals surface area contributed by atoms with Gasteiger partial charge in [-0.15, -0.1) is 24.9 Å². The Labute approximate surface area is 233 Å². The predicted octanol–water partition coefficient (Wildman–Crippen LogP) is 4.34. The number of carbonyl (C=O) groups excluding carboxylic acids is 3. The van der Waals surface area contributed by atoms with Crippen LogP contribution in [0.15, 0.2) is 67.8 Å². The monoisotopic (exact) mass is 548 g/mol. The van der Waals surface area contributed by atoms with Crippen molar-refractivity contribution in [3.8, 4) is 0 Å². The van der Waals surface area contributed by atoms with Crippen molar-refractivity contribution in [1.82, 2.24) is 4.90 Å². The van der Waals surface area contributed by atoms with Gasteiger partial charge in [0.1, 0.15) is 6.04 Å². The molecule has 206 valence electrons. The summed E-state index contributed by atoms with van der Waals surface area (Å²) in [5, 5.41) is 11.7. The molecular formula is C31H36N2O5S. The molecular weight excluding hydrogens is 512 g/mol. The minimum absolute atomic E-state index is 0.0959. The Hall–Kier alpha value is -3.10. The maximum Gasteiger partial charge on any atom is 0.311 e. The van der Waals surface area contributed by atoms with Crippen LogP contribution in [0.1, 0.15) is 32.6 Å². The summed E-state index contributed by atoms with van der Waals surface area (Å²) < 4.78 is 4.38. The van der Waals surface area contributed by atoms with Gasteiger partial charge in [-0.05, 0) is 55.5 Å². The number of esters is 1. The van der Waals surface area contributed by atoms with E-state index in [2.05, 4.69) is 13.2 Å². The summed E-state index contributed by atoms with van der Waals surface area (Å²) in [7, 11) is 0. The molecule has 5 rings (SSSR count). The third-order valence-corrected chi connectivity index (χ3v) is 10.5. The number of fused-ring (bicyclic) bond motifs is 2. The zero-order valence-corrected chi connectivity index (χ0v) is 23.2. The Morgan fingerprint density at radius 2 is 1.95 bits per heavy atom. The summed E-state index contributed by atoms with van der Waals surface area (Å²) in [5.41, 5.74) is 0.733. The molecule has 1 spiro atoms. The number of rotatable bonds is 11. The fourth-order valence-corrected chi connectivity index (χ4v) is 9.16. The van der Waals surface area contributed by atoms with Crippen molar-refractivity contribution in [3.05, 3.63) is 67.8 Å². The predicted molar refractivity (Wildman–Crippen MR) is 154 cm³/mol. The van der Waals surface area contributed by atoms with E-state index in [0.717, 1.165) is 22.9 Å². The number of hydrogen-bond acceptors (Lipinski definition) is 6. The maximum absolute atomic E-state index is 14.6. The van der Waals surface area contributed by atoms with E-state index in [1.165, 1.54) is 0 Å². The van der Waals surface area contributed by atoms with Crippen LogP contribution in [0.2, 0.25) is 0 Å². The number of hydrogen-bond donors (Lipinski definition) is 1. The van der Waals surface area contributed by atoms with E-state index in [0.29, 0.717) is 19.3 Å². The van der Waals surface area contributed by atoms with Crippen molar-refractivity contribution < 1.29 is 24.2 Å². The van der Waals surface area contributed by atoms with Crippen molar-refractivity contribution >= 4 is 46.0 Å². The van der Waals surface area contributed by atoms with Crippen LogP contribution in [0.3, 0.4) is 0 Å². The molecule has 0 aliphatic carbocycles. The Bertz CT molecular complexity index is 1310. The maximum atomic E-state index is 14.6. The number of ether oxygens (including phenoxy) is 1. The molecule has 3 heterocycles. The van der Waals surface area contributed by atoms with Crippen molar-refractivity contribution in [1.29, 1.82) is 0 Å². The van der Waals surface area contributed by atoms with Gasteiger partial charge in [0.25, 0.3) is 5.91 Å². The summed E-state index contributed by atoms with van der Waals surface area (Å²) in [6, 6.07) is 13.1. The van der Waals surface area contributed by atoms with Crippen LogP contribution >= 0.6 is 11.8 Å². The summed E-state index contributed by atoms with van der Waals surface area (Å²) in [5.74, 6) is -2.03. The number of amides is 2. The molecule has 3 aliphatic rings. The molecule has 2 amide bonds. The van der Waals surface area contributed by atoms with Gasteiger partial charge in [0, 0.05) is 30.1 Å². The standard InChI is InChI=1S/C31H36N2O5S/c1-4-6-19-38-29(37)25-24-27(35)33(17-9-18-34)26(31(24)15-14-30(25,3)39-31)28(36)32(16-5-2)23-13-12-21-10-7-8-11-22(21)20-23/h4-5,7-8,10-13,20,24-26,34H,1-2,6,9,14-19H2,3H3/t24-,25-,26?,30+,31?/m0/s1. The lowest BCUT2D eigenvalue weighted by Gasteiger charge is -2.37. The first-order valence-corrected chi connectivity index (χ1v) is 14.4. The van der Waals surface area contributed by atoms with Crippen LogP contribution < -0.4 is 4.90 Å². The fourth-order valence-electron chi connectivity index (χ4n) is 6.82. The molecule has 39 heavy (non-hydrogen) atoms. The average molecular weight is 549 g/mol. The summed E-state index contributed by atoms with van der Waals surface area (Å²) in [6.45, 7) is 10.3. The number of aliphatic hydroxyl groups excluding tert-OH is 1. The molecule has 2 bridgehead atoms. The second-order valence-corrected chi connectivity index (χ2v) is 12.7. The van der Waals surface area contributed by atoms with E-state index >= 15 is 0 Å². The van der Waals surface area contributed by atoms with E-state index in [1.807, 2.05) is 49.4 Å². The Balaban J connectivity index is 1.55. The van der Waals surface area contributed by atoms with Gasteiger partial charge >= 0.3 is 5.97 Å². The van der Waals surface area contributed by atoms with Crippen LogP contribution in [0.4, 0.5) is 5.69 Å². The highest BCUT2D eigenvalue weighted by atomic mass is 32.2. The van der Waals surface area contributed by atoms with Gasteiger partial charge in [-0.3, -0.25) is 14.4 Å². The summed E-state index contributed by atoms with van der Waals surface area (Å²) in [4.78, 5) is 45.4. The second kappa shape index (κ2) is 10.8. The third kappa shape index (κ3) is 4.47. The molecule has 2 aromatic rings. The zero-order chi connectivity index (χ0) is 27.8. The molecule has 2 unspecified atom stereocenters. The molecule has 0 radical (unpaired) electrons. The molecule has 3 fully saturated rings. The first-order chi connectivity index (χ1) is 18.8. The Morgan fingerprint density at radius 3 is 2.67 bits per heavy atom. The minimum atomic E-state index is -0.759. The fraction of sp³-hybridized carbons (Fsp3) is 0.452. The number of likely N-dealkylation sites (tertiary alicyclic amines) is 1. The zero-order valence-electron chi connectivity index (χ0n) is 22.4. The van der Waals surface area contributed by atoms with E-state index in [1.54, 1.807) is 33.7 Å². The first kappa shape index (κ1) is 27.5. The van der Waals surface area contributed by atoms with E-state index in [-0.39, 0.29) is 44.1 Å². The minimum Gasteiger partial charge on any atom is -0.465 e. The molecule has 5 atom stereocenters. The Kier molecular flexibility index (Phi) is 7.62. The van der Waals surface area contributed by atoms with Crippen LogP contribution in [-0.4, -0.2) is 69.6 Å². The van der Waals surface area contributed by atoms with E-state index in [4.69, 9.17) is 4.74 Å². The largest absolute Gasteiger partial charge is 0.465 e. The SMILES string of the molecule is C=CCCOC(=O)[C@@H]1[C@H]2C(=O)N(CCCO)C(C(=O)N(CC=C)c3ccc4ccccc4c3)C23CC[C@@]1(C)S3. The van der Waals surface area contributed by atoms with Crippen LogP contribution in [0.5, 0.6) is 0 Å². The van der Waals surface area contributed by atoms with E-state index in [9.17, 15) is 19.5 Å². The van der Waals surface area contributed by atoms with Crippen LogP contribution in [0, 0.1) is 11.8 Å². The van der Waals surface area contributed by atoms with Gasteiger partial charge < -0.3 is 19.6 Å². The summed E-state index contributed by atoms with van der Waals surface area (Å²) in [6.07, 6.45) is 5.66. The lowest BCUT2D eigenvalue weighted by molar-refractivity contribution is -0.155. The molecule has 8 heteroatoms. The molecule has 3 saturated heterocycles. The van der Waals surface area contributed by atoms with Crippen molar-refractivity contribution in [3.63, 3.8) is 0 Å². The number of nitrogens with zero attached hydrogens (tertiary/aromatic N) is 2. The molecule has 3 aliphatic heterocycles. The van der Waals surface area contributed by atoms with Crippen molar-refractivity contribution in [2.75, 3.05) is 31.2 Å². The van der Waals surface area contributed by atoms with Gasteiger partial charge in [-0.1, -0.05) is 42.5 Å². The van der Waals surface area contributed by atoms with E-state index < -0.39 is 27.4 Å². The van der Waals surface area contributed by atoms with Crippen molar-refractivity contribution in [2.45, 2.75) is 48.1 Å². The van der Waals surface area contributed by atoms with Gasteiger partial charge in [0.15, 0.2) is 0 Å². The molecule has 0 saturated carbocycles. The average Bonchev–Trinajstić information content (AvgIpc) is 3.50. The molecule has 7 nitrogen and oxygen atoms in total. The van der Waals surface area contributed by atoms with Gasteiger partial charge in [-0.25, -0.2) is 0 Å². The van der Waals surface area contributed by atoms with Crippen LogP contribution in [0.25, 0.3) is 10.8 Å². The number of thioether (sulfide) groups is 1. The van der Waals surface area contributed by atoms with Gasteiger partial charge in [0.05, 0.1) is 23.2 Å². The van der Waals surface area contributed by atoms with Crippen LogP contribution in [-0.2, 0) is 19.1 Å². The van der Waals surface area contributed by atoms with Crippen molar-refractivity contribution in [2.24, 2.45) is 11.8 Å². The van der Waals surface area contributed by atoms with Gasteiger partial charge in [0.2, 0.25) is 5.91 Å². The highest BCUT2D eigenvalue weighted by Crippen LogP contribution is 2.71.